The predicted octanol–water partition coefficient (Wildman–Crippen LogP) is 11.2. The molecule has 1 unspecified atom stereocenters. The first-order valence-electron chi connectivity index (χ1n) is 27.3. The Hall–Kier alpha value is -8.65. The van der Waals surface area contributed by atoms with Crippen molar-refractivity contribution in [3.8, 4) is 33.1 Å². The Labute approximate surface area is 482 Å². The number of rotatable bonds is 16. The zero-order chi connectivity index (χ0) is 57.4. The molecule has 82 heavy (non-hydrogen) atoms. The highest BCUT2D eigenvalue weighted by Crippen LogP contribution is 2.38. The lowest BCUT2D eigenvalue weighted by Crippen LogP contribution is -2.50. The number of anilines is 2. The van der Waals surface area contributed by atoms with Crippen LogP contribution in [0.1, 0.15) is 106 Å². The molecule has 0 bridgehead atoms. The van der Waals surface area contributed by atoms with E-state index in [4.69, 9.17) is 9.72 Å². The van der Waals surface area contributed by atoms with Gasteiger partial charge in [0.15, 0.2) is 10.8 Å². The first kappa shape index (κ1) is 55.3. The summed E-state index contributed by atoms with van der Waals surface area (Å²) in [4.78, 5) is 73.4. The van der Waals surface area contributed by atoms with Crippen molar-refractivity contribution in [2.24, 2.45) is 5.41 Å². The molecule has 4 aromatic heterocycles. The maximum Gasteiger partial charge on any atom is 0.355 e. The number of hydrogen-bond donors (Lipinski definition) is 4. The molecule has 1 fully saturated rings. The summed E-state index contributed by atoms with van der Waals surface area (Å²) in [6.45, 7) is 12.6. The SMILES string of the molecule is Cc1ncsc1-c1ccc([C@H](C)NC(=O)[C@@H]2C[C@@H](O)CN2C(=O)C(n2cc(CCc3ccc(Oc4cccc(-c5ccc(N6CCc7cccc(C(=O)Nc8nc9ccccc9s8)c7C6)nc5C(=O)O)c4C)cc3)nn2)C(C)(C)C)cc1. The number of aromatic carboxylic acids is 1. The van der Waals surface area contributed by atoms with Gasteiger partial charge in [0.25, 0.3) is 5.91 Å². The van der Waals surface area contributed by atoms with Crippen molar-refractivity contribution in [2.75, 3.05) is 23.3 Å². The number of amides is 3. The third-order valence-corrected chi connectivity index (χ3v) is 17.3. The molecule has 11 rings (SSSR count). The Morgan fingerprint density at radius 1 is 0.866 bits per heavy atom. The molecule has 0 radical (unpaired) electrons. The predicted molar refractivity (Wildman–Crippen MR) is 318 cm³/mol. The second kappa shape index (κ2) is 23.1. The van der Waals surface area contributed by atoms with E-state index in [2.05, 4.69) is 30.9 Å². The number of nitrogens with zero attached hydrogens (tertiary/aromatic N) is 8. The number of aryl methyl sites for hydroxylation is 3. The van der Waals surface area contributed by atoms with Crippen molar-refractivity contribution in [3.63, 3.8) is 0 Å². The van der Waals surface area contributed by atoms with Crippen molar-refractivity contribution in [3.05, 3.63) is 183 Å². The van der Waals surface area contributed by atoms with Crippen LogP contribution in [-0.4, -0.2) is 94.0 Å². The van der Waals surface area contributed by atoms with Gasteiger partial charge in [0, 0.05) is 43.4 Å². The number of hydrogen-bond acceptors (Lipinski definition) is 14. The molecule has 9 aromatic rings. The van der Waals surface area contributed by atoms with Gasteiger partial charge in [0.1, 0.15) is 29.4 Å². The van der Waals surface area contributed by atoms with Crippen LogP contribution < -0.4 is 20.3 Å². The summed E-state index contributed by atoms with van der Waals surface area (Å²) in [6.07, 6.45) is 2.87. The quantitative estimate of drug-likeness (QED) is 0.0709. The van der Waals surface area contributed by atoms with Gasteiger partial charge in [-0.15, -0.1) is 16.4 Å². The molecule has 0 saturated carbocycles. The van der Waals surface area contributed by atoms with E-state index in [0.29, 0.717) is 77.2 Å². The van der Waals surface area contributed by atoms with E-state index in [1.165, 1.54) is 16.2 Å². The van der Waals surface area contributed by atoms with Crippen LogP contribution in [0.4, 0.5) is 10.9 Å². The van der Waals surface area contributed by atoms with Gasteiger partial charge in [-0.25, -0.2) is 24.4 Å². The molecule has 17 nitrogen and oxygen atoms in total. The number of carboxylic acids is 1. The Balaban J connectivity index is 0.720. The van der Waals surface area contributed by atoms with Gasteiger partial charge in [-0.3, -0.25) is 19.7 Å². The molecule has 418 valence electrons. The number of ether oxygens (including phenoxy) is 1. The number of carboxylic acid groups (broad SMARTS) is 1. The molecule has 2 aliphatic rings. The number of fused-ring (bicyclic) bond motifs is 2. The molecule has 0 aliphatic carbocycles. The Morgan fingerprint density at radius 2 is 1.65 bits per heavy atom. The van der Waals surface area contributed by atoms with Crippen molar-refractivity contribution in [1.29, 1.82) is 0 Å². The molecule has 4 atom stereocenters. The summed E-state index contributed by atoms with van der Waals surface area (Å²) in [6, 6.07) is 36.3. The monoisotopic (exact) mass is 1130 g/mol. The highest BCUT2D eigenvalue weighted by Gasteiger charge is 2.45. The number of aliphatic hydroxyl groups is 1. The average Bonchev–Trinajstić information content (AvgIpc) is 4.46. The largest absolute Gasteiger partial charge is 0.476 e. The third-order valence-electron chi connectivity index (χ3n) is 15.4. The summed E-state index contributed by atoms with van der Waals surface area (Å²) in [7, 11) is 0. The average molecular weight is 1140 g/mol. The lowest BCUT2D eigenvalue weighted by atomic mass is 9.85. The summed E-state index contributed by atoms with van der Waals surface area (Å²) in [5.74, 6) is -0.416. The number of carbonyl (C=O) groups excluding carboxylic acids is 3. The lowest BCUT2D eigenvalue weighted by Gasteiger charge is -2.34. The maximum absolute atomic E-state index is 14.6. The van der Waals surface area contributed by atoms with Crippen LogP contribution in [0.5, 0.6) is 11.5 Å². The first-order valence-corrected chi connectivity index (χ1v) is 29.0. The molecule has 0 spiro atoms. The van der Waals surface area contributed by atoms with Gasteiger partial charge in [-0.05, 0) is 133 Å². The summed E-state index contributed by atoms with van der Waals surface area (Å²) in [5.41, 5.74) is 10.9. The fourth-order valence-electron chi connectivity index (χ4n) is 11.0. The Kier molecular flexibility index (Phi) is 15.5. The maximum atomic E-state index is 14.6. The van der Waals surface area contributed by atoms with Gasteiger partial charge < -0.3 is 30.1 Å². The normalized spacial score (nSPS) is 15.9. The van der Waals surface area contributed by atoms with Gasteiger partial charge >= 0.3 is 5.97 Å². The van der Waals surface area contributed by atoms with Gasteiger partial charge in [0.05, 0.1) is 44.1 Å². The van der Waals surface area contributed by atoms with E-state index < -0.39 is 29.6 Å². The van der Waals surface area contributed by atoms with Crippen LogP contribution in [0, 0.1) is 19.3 Å². The van der Waals surface area contributed by atoms with E-state index >= 15 is 0 Å². The van der Waals surface area contributed by atoms with E-state index in [9.17, 15) is 29.4 Å². The minimum absolute atomic E-state index is 0.0276. The molecule has 2 aliphatic heterocycles. The number of carbonyl (C=O) groups is 4. The van der Waals surface area contributed by atoms with Crippen molar-refractivity contribution >= 4 is 67.5 Å². The Morgan fingerprint density at radius 3 is 2.39 bits per heavy atom. The fourth-order valence-corrected chi connectivity index (χ4v) is 12.7. The summed E-state index contributed by atoms with van der Waals surface area (Å²) >= 11 is 3.00. The highest BCUT2D eigenvalue weighted by atomic mass is 32.1. The van der Waals surface area contributed by atoms with Crippen LogP contribution in [0.3, 0.4) is 0 Å². The smallest absolute Gasteiger partial charge is 0.355 e. The standard InChI is InChI=1S/C63H62N10O7S2/c1-36-46(47-27-28-54(67-55(47)61(78)79)71-30-29-41-11-9-13-48(49(41)34-71)58(75)68-62-66-50-14-7-8-16-53(50)82-62)12-10-15-52(36)80-45-25-18-39(19-26-45)17-24-43-32-73(70-69-43)57(63(4,5)6)60(77)72-33-44(74)31-51(72)59(76)65-37(2)40-20-22-42(23-21-40)56-38(3)64-35-81-56/h7-16,18-23,25-28,32,35,37,44,51,57,74H,17,24,29-31,33-34H2,1-6H3,(H,65,76)(H,78,79)(H,66,68,75)/t37-,44+,51-,57?/m0/s1. The minimum atomic E-state index is -1.17. The molecule has 6 heterocycles. The number of likely N-dealkylation sites (tertiary alicyclic amines) is 1. The van der Waals surface area contributed by atoms with Gasteiger partial charge in [-0.2, -0.15) is 0 Å². The zero-order valence-electron chi connectivity index (χ0n) is 46.3. The molecule has 19 heteroatoms. The third kappa shape index (κ3) is 11.6. The lowest BCUT2D eigenvalue weighted by molar-refractivity contribution is -0.144. The topological polar surface area (TPSA) is 218 Å². The molecule has 5 aromatic carbocycles. The second-order valence-electron chi connectivity index (χ2n) is 22.1. The molecular weight excluding hydrogens is 1070 g/mol. The molecule has 4 N–H and O–H groups in total. The van der Waals surface area contributed by atoms with E-state index in [-0.39, 0.29) is 42.4 Å². The van der Waals surface area contributed by atoms with Crippen molar-refractivity contribution < 1.29 is 34.1 Å². The van der Waals surface area contributed by atoms with Crippen LogP contribution in [-0.2, 0) is 35.4 Å². The Bertz CT molecular complexity index is 3840. The van der Waals surface area contributed by atoms with Crippen LogP contribution in [0.25, 0.3) is 31.8 Å². The highest BCUT2D eigenvalue weighted by molar-refractivity contribution is 7.22. The number of nitrogens with one attached hydrogen (secondary N) is 2. The fraction of sp³-hybridized carbons (Fsp3) is 0.286. The second-order valence-corrected chi connectivity index (χ2v) is 24.0. The number of β-amino-alcohol motifs (C(OH)–C–C–N with tert-alkyl or cyclic N) is 1. The number of thiazole rings is 2. The zero-order valence-corrected chi connectivity index (χ0v) is 47.9. The van der Waals surface area contributed by atoms with Crippen LogP contribution >= 0.6 is 22.7 Å². The minimum Gasteiger partial charge on any atom is -0.476 e. The number of pyridine rings is 1. The molecular formula is C63H62N10O7S2. The molecule has 3 amide bonds. The first-order chi connectivity index (χ1) is 39.4. The van der Waals surface area contributed by atoms with E-state index in [0.717, 1.165) is 54.2 Å². The van der Waals surface area contributed by atoms with Crippen molar-refractivity contribution in [1.82, 2.24) is 40.2 Å². The van der Waals surface area contributed by atoms with E-state index in [1.807, 2.05) is 161 Å². The van der Waals surface area contributed by atoms with Gasteiger partial charge in [0.2, 0.25) is 11.8 Å². The number of para-hydroxylation sites is 1. The number of aliphatic hydroxyl groups excluding tert-OH is 1. The number of aromatic nitrogens is 6. The summed E-state index contributed by atoms with van der Waals surface area (Å²) in [5, 5.41) is 36.9. The summed E-state index contributed by atoms with van der Waals surface area (Å²) < 4.78 is 8.99. The van der Waals surface area contributed by atoms with E-state index in [1.54, 1.807) is 34.3 Å². The van der Waals surface area contributed by atoms with Gasteiger partial charge in [-0.1, -0.05) is 110 Å². The van der Waals surface area contributed by atoms with Crippen LogP contribution in [0.2, 0.25) is 0 Å². The van der Waals surface area contributed by atoms with Crippen molar-refractivity contribution in [2.45, 2.75) is 98.0 Å². The molecule has 1 saturated heterocycles. The van der Waals surface area contributed by atoms with Crippen LogP contribution in [0.15, 0.2) is 133 Å². The number of benzene rings is 5.